The Hall–Kier alpha value is -0.660. The van der Waals surface area contributed by atoms with Gasteiger partial charge >= 0.3 is 0 Å². The lowest BCUT2D eigenvalue weighted by molar-refractivity contribution is 0.0888. The van der Waals surface area contributed by atoms with Gasteiger partial charge in [0.05, 0.1) is 18.1 Å². The van der Waals surface area contributed by atoms with Gasteiger partial charge in [-0.3, -0.25) is 4.99 Å². The number of hydrogen-bond donors (Lipinski definition) is 3. The van der Waals surface area contributed by atoms with Gasteiger partial charge in [0.2, 0.25) is 10.0 Å². The Morgan fingerprint density at radius 2 is 2.10 bits per heavy atom. The zero-order chi connectivity index (χ0) is 20.2. The van der Waals surface area contributed by atoms with Crippen molar-refractivity contribution in [1.82, 2.24) is 15.4 Å². The van der Waals surface area contributed by atoms with Crippen LogP contribution in [0.5, 0.6) is 0 Å². The topological polar surface area (TPSA) is 101 Å². The maximum absolute atomic E-state index is 12.2. The van der Waals surface area contributed by atoms with Crippen molar-refractivity contribution >= 4 is 51.6 Å². The average molecular weight is 561 g/mol. The van der Waals surface area contributed by atoms with Gasteiger partial charge in [-0.15, -0.1) is 24.0 Å². The number of nitrogens with one attached hydrogen (secondary N) is 3. The molecule has 1 aliphatic rings. The van der Waals surface area contributed by atoms with Gasteiger partial charge < -0.3 is 20.1 Å². The molecule has 0 aromatic heterocycles. The van der Waals surface area contributed by atoms with E-state index < -0.39 is 10.0 Å². The zero-order valence-corrected chi connectivity index (χ0v) is 20.4. The summed E-state index contributed by atoms with van der Waals surface area (Å²) in [5.74, 6) is 1.14. The summed E-state index contributed by atoms with van der Waals surface area (Å²) < 4.78 is 37.9. The number of aliphatic imine (C=N–C) groups is 1. The number of benzene rings is 1. The van der Waals surface area contributed by atoms with E-state index in [1.54, 1.807) is 19.2 Å². The Morgan fingerprint density at radius 1 is 1.31 bits per heavy atom. The molecule has 0 spiro atoms. The van der Waals surface area contributed by atoms with Crippen molar-refractivity contribution in [3.63, 3.8) is 0 Å². The molecule has 0 radical (unpaired) electrons. The average Bonchev–Trinajstić information content (AvgIpc) is 3.19. The fraction of sp³-hybridized carbons (Fsp3) is 0.611. The van der Waals surface area contributed by atoms with Crippen molar-refractivity contribution in [3.05, 3.63) is 29.3 Å². The predicted octanol–water partition coefficient (Wildman–Crippen LogP) is 1.84. The molecule has 1 unspecified atom stereocenters. The summed E-state index contributed by atoms with van der Waals surface area (Å²) in [6, 6.07) is 6.15. The molecule has 29 heavy (non-hydrogen) atoms. The molecule has 1 atom stereocenters. The van der Waals surface area contributed by atoms with Crippen LogP contribution in [0.25, 0.3) is 0 Å². The van der Waals surface area contributed by atoms with Crippen LogP contribution in [-0.4, -0.2) is 67.5 Å². The highest BCUT2D eigenvalue weighted by molar-refractivity contribution is 14.0. The SMILES string of the molecule is CN=C(NCCCOCC1CCOC1)NCCNS(=O)(=O)c1cccc(Cl)c1.I. The van der Waals surface area contributed by atoms with Crippen LogP contribution in [0.3, 0.4) is 0 Å². The number of ether oxygens (including phenoxy) is 2. The van der Waals surface area contributed by atoms with Crippen LogP contribution in [0.1, 0.15) is 12.8 Å². The van der Waals surface area contributed by atoms with E-state index in [4.69, 9.17) is 21.1 Å². The number of nitrogens with zero attached hydrogens (tertiary/aromatic N) is 1. The standard InChI is InChI=1S/C18H29ClN4O4S.HI/c1-20-18(21-7-3-10-26-13-15-6-11-27-14-15)22-8-9-23-28(24,25)17-5-2-4-16(19)12-17;/h2,4-5,12,15,23H,3,6-11,13-14H2,1H3,(H2,20,21,22);1H. The first-order chi connectivity index (χ1) is 13.5. The third-order valence-corrected chi connectivity index (χ3v) is 5.87. The van der Waals surface area contributed by atoms with E-state index in [0.29, 0.717) is 30.1 Å². The minimum atomic E-state index is -3.58. The lowest BCUT2D eigenvalue weighted by Gasteiger charge is -2.13. The zero-order valence-electron chi connectivity index (χ0n) is 16.5. The van der Waals surface area contributed by atoms with Gasteiger partial charge in [0.1, 0.15) is 0 Å². The molecule has 0 aliphatic carbocycles. The Bertz CT molecular complexity index is 730. The fourth-order valence-corrected chi connectivity index (χ4v) is 3.98. The molecule has 0 bridgehead atoms. The van der Waals surface area contributed by atoms with Crippen LogP contribution in [0.4, 0.5) is 0 Å². The molecule has 1 aromatic rings. The van der Waals surface area contributed by atoms with Crippen LogP contribution in [0, 0.1) is 5.92 Å². The van der Waals surface area contributed by atoms with Crippen molar-refractivity contribution in [3.8, 4) is 0 Å². The maximum atomic E-state index is 12.2. The van der Waals surface area contributed by atoms with Gasteiger partial charge in [0, 0.05) is 50.8 Å². The number of sulfonamides is 1. The Morgan fingerprint density at radius 3 is 2.79 bits per heavy atom. The van der Waals surface area contributed by atoms with E-state index in [1.807, 2.05) is 0 Å². The molecule has 2 rings (SSSR count). The van der Waals surface area contributed by atoms with Gasteiger partial charge in [0.25, 0.3) is 0 Å². The van der Waals surface area contributed by atoms with Gasteiger partial charge in [-0.05, 0) is 31.0 Å². The maximum Gasteiger partial charge on any atom is 0.240 e. The van der Waals surface area contributed by atoms with E-state index in [-0.39, 0.29) is 35.4 Å². The molecular formula is C18H30ClIN4O4S. The monoisotopic (exact) mass is 560 g/mol. The second-order valence-electron chi connectivity index (χ2n) is 6.44. The van der Waals surface area contributed by atoms with Crippen molar-refractivity contribution in [2.75, 3.05) is 53.1 Å². The van der Waals surface area contributed by atoms with E-state index >= 15 is 0 Å². The smallest absolute Gasteiger partial charge is 0.240 e. The quantitative estimate of drug-likeness (QED) is 0.165. The molecule has 1 fully saturated rings. The Labute approximate surface area is 195 Å². The van der Waals surface area contributed by atoms with E-state index in [2.05, 4.69) is 20.3 Å². The minimum Gasteiger partial charge on any atom is -0.381 e. The summed E-state index contributed by atoms with van der Waals surface area (Å²) in [5.41, 5.74) is 0. The highest BCUT2D eigenvalue weighted by Crippen LogP contribution is 2.15. The highest BCUT2D eigenvalue weighted by Gasteiger charge is 2.15. The van der Waals surface area contributed by atoms with Crippen molar-refractivity contribution < 1.29 is 17.9 Å². The van der Waals surface area contributed by atoms with Crippen LogP contribution in [0.2, 0.25) is 5.02 Å². The van der Waals surface area contributed by atoms with Crippen LogP contribution in [0.15, 0.2) is 34.2 Å². The molecule has 166 valence electrons. The predicted molar refractivity (Wildman–Crippen MR) is 126 cm³/mol. The molecule has 1 aliphatic heterocycles. The molecule has 0 saturated carbocycles. The Kier molecular flexibility index (Phi) is 13.1. The summed E-state index contributed by atoms with van der Waals surface area (Å²) in [4.78, 5) is 4.26. The third kappa shape index (κ3) is 10.3. The number of rotatable bonds is 11. The molecule has 11 heteroatoms. The molecule has 3 N–H and O–H groups in total. The van der Waals surface area contributed by atoms with E-state index in [1.165, 1.54) is 12.1 Å². The summed E-state index contributed by atoms with van der Waals surface area (Å²) in [5, 5.41) is 6.62. The summed E-state index contributed by atoms with van der Waals surface area (Å²) in [6.45, 7) is 4.41. The molecule has 8 nitrogen and oxygen atoms in total. The van der Waals surface area contributed by atoms with Crippen molar-refractivity contribution in [2.45, 2.75) is 17.7 Å². The fourth-order valence-electron chi connectivity index (χ4n) is 2.65. The second kappa shape index (κ2) is 14.4. The summed E-state index contributed by atoms with van der Waals surface area (Å²) >= 11 is 5.84. The number of guanidine groups is 1. The van der Waals surface area contributed by atoms with E-state index in [9.17, 15) is 8.42 Å². The van der Waals surface area contributed by atoms with Gasteiger partial charge in [-0.1, -0.05) is 17.7 Å². The third-order valence-electron chi connectivity index (χ3n) is 4.17. The van der Waals surface area contributed by atoms with Crippen molar-refractivity contribution in [1.29, 1.82) is 0 Å². The van der Waals surface area contributed by atoms with E-state index in [0.717, 1.165) is 39.2 Å². The lowest BCUT2D eigenvalue weighted by Crippen LogP contribution is -2.42. The van der Waals surface area contributed by atoms with Crippen LogP contribution < -0.4 is 15.4 Å². The minimum absolute atomic E-state index is 0. The highest BCUT2D eigenvalue weighted by atomic mass is 127. The van der Waals surface area contributed by atoms with Gasteiger partial charge in [0.15, 0.2) is 5.96 Å². The lowest BCUT2D eigenvalue weighted by atomic mass is 10.1. The number of hydrogen-bond acceptors (Lipinski definition) is 5. The Balaban J connectivity index is 0.00000420. The summed E-state index contributed by atoms with van der Waals surface area (Å²) in [6.07, 6.45) is 1.94. The molecular weight excluding hydrogens is 531 g/mol. The van der Waals surface area contributed by atoms with Crippen molar-refractivity contribution in [2.24, 2.45) is 10.9 Å². The van der Waals surface area contributed by atoms with Gasteiger partial charge in [-0.25, -0.2) is 13.1 Å². The summed E-state index contributed by atoms with van der Waals surface area (Å²) in [7, 11) is -1.91. The van der Waals surface area contributed by atoms with Gasteiger partial charge in [-0.2, -0.15) is 0 Å². The first-order valence-corrected chi connectivity index (χ1v) is 11.2. The van der Waals surface area contributed by atoms with Crippen LogP contribution >= 0.6 is 35.6 Å². The van der Waals surface area contributed by atoms with Crippen LogP contribution in [-0.2, 0) is 19.5 Å². The largest absolute Gasteiger partial charge is 0.381 e. The molecule has 1 aromatic carbocycles. The first-order valence-electron chi connectivity index (χ1n) is 9.36. The normalized spacial score (nSPS) is 17.0. The first kappa shape index (κ1) is 26.4. The number of halogens is 2. The molecule has 0 amide bonds. The molecule has 1 heterocycles. The second-order valence-corrected chi connectivity index (χ2v) is 8.64. The molecule has 1 saturated heterocycles.